The molecule has 2 amide bonds. The molecule has 1 unspecified atom stereocenters. The summed E-state index contributed by atoms with van der Waals surface area (Å²) in [6.07, 6.45) is -1.23. The highest BCUT2D eigenvalue weighted by molar-refractivity contribution is 5.95. The molecule has 214 valence electrons. The maximum atomic E-state index is 16.1. The van der Waals surface area contributed by atoms with Crippen LogP contribution in [0.15, 0.2) is 60.7 Å². The van der Waals surface area contributed by atoms with Crippen molar-refractivity contribution in [3.8, 4) is 11.1 Å². The minimum Gasteiger partial charge on any atom is -0.457 e. The molecule has 11 heteroatoms. The Morgan fingerprint density at radius 3 is 2.49 bits per heavy atom. The molecule has 0 radical (unpaired) electrons. The van der Waals surface area contributed by atoms with Crippen LogP contribution >= 0.6 is 0 Å². The summed E-state index contributed by atoms with van der Waals surface area (Å²) in [7, 11) is 0. The molecule has 2 aliphatic heterocycles. The number of ether oxygens (including phenoxy) is 2. The van der Waals surface area contributed by atoms with Crippen LogP contribution in [-0.4, -0.2) is 63.3 Å². The van der Waals surface area contributed by atoms with Gasteiger partial charge in [0, 0.05) is 44.2 Å². The average molecular weight is 565 g/mol. The number of cyclic esters (lactones) is 1. The Morgan fingerprint density at radius 2 is 1.78 bits per heavy atom. The van der Waals surface area contributed by atoms with Gasteiger partial charge in [-0.15, -0.1) is 0 Å². The SMILES string of the molecule is CC(=O)NCC1CN(c2ccc(-c3ccc(C(=O)OCc4ccccc4)c(F)c3N3CCNCC3)c(F)c2)C(=O)O1. The van der Waals surface area contributed by atoms with E-state index in [1.54, 1.807) is 23.1 Å². The first-order valence-electron chi connectivity index (χ1n) is 13.3. The van der Waals surface area contributed by atoms with E-state index >= 15 is 8.78 Å². The average Bonchev–Trinajstić information content (AvgIpc) is 3.36. The van der Waals surface area contributed by atoms with Crippen LogP contribution in [0.3, 0.4) is 0 Å². The molecule has 0 saturated carbocycles. The van der Waals surface area contributed by atoms with Crippen molar-refractivity contribution < 1.29 is 32.6 Å². The number of hydrogen-bond donors (Lipinski definition) is 2. The summed E-state index contributed by atoms with van der Waals surface area (Å²) in [6.45, 7) is 3.75. The molecular formula is C30H30F2N4O5. The van der Waals surface area contributed by atoms with Gasteiger partial charge in [0.25, 0.3) is 0 Å². The zero-order valence-corrected chi connectivity index (χ0v) is 22.5. The highest BCUT2D eigenvalue weighted by atomic mass is 19.1. The lowest BCUT2D eigenvalue weighted by Gasteiger charge is -2.32. The van der Waals surface area contributed by atoms with E-state index in [0.717, 1.165) is 5.56 Å². The molecule has 0 aliphatic carbocycles. The molecule has 0 aromatic heterocycles. The third-order valence-electron chi connectivity index (χ3n) is 6.99. The van der Waals surface area contributed by atoms with Gasteiger partial charge in [-0.25, -0.2) is 18.4 Å². The number of hydrogen-bond acceptors (Lipinski definition) is 7. The minimum atomic E-state index is -0.813. The fourth-order valence-corrected chi connectivity index (χ4v) is 4.92. The van der Waals surface area contributed by atoms with Gasteiger partial charge in [-0.05, 0) is 29.8 Å². The van der Waals surface area contributed by atoms with E-state index in [2.05, 4.69) is 10.6 Å². The molecule has 41 heavy (non-hydrogen) atoms. The standard InChI is InChI=1S/C30H30F2N4O5/c1-19(37)34-16-22-17-36(30(39)41-22)21-7-8-23(26(31)15-21)24-9-10-25(27(32)28(24)35-13-11-33-12-14-35)29(38)40-18-20-5-3-2-4-6-20/h2-10,15,22,33H,11-14,16-18H2,1H3,(H,34,37). The van der Waals surface area contributed by atoms with Crippen molar-refractivity contribution in [1.82, 2.24) is 10.6 Å². The number of rotatable bonds is 8. The van der Waals surface area contributed by atoms with Gasteiger partial charge in [0.1, 0.15) is 18.5 Å². The van der Waals surface area contributed by atoms with E-state index in [-0.39, 0.29) is 53.7 Å². The normalized spacial score (nSPS) is 16.9. The van der Waals surface area contributed by atoms with Gasteiger partial charge in [-0.3, -0.25) is 9.69 Å². The molecule has 2 N–H and O–H groups in total. The Labute approximate surface area is 236 Å². The second-order valence-electron chi connectivity index (χ2n) is 9.84. The summed E-state index contributed by atoms with van der Waals surface area (Å²) in [4.78, 5) is 39.5. The summed E-state index contributed by atoms with van der Waals surface area (Å²) in [5, 5.41) is 5.81. The number of piperazine rings is 1. The Morgan fingerprint density at radius 1 is 1.05 bits per heavy atom. The van der Waals surface area contributed by atoms with Gasteiger partial charge in [0.2, 0.25) is 5.91 Å². The first-order chi connectivity index (χ1) is 19.8. The maximum Gasteiger partial charge on any atom is 0.414 e. The second-order valence-corrected chi connectivity index (χ2v) is 9.84. The molecule has 2 saturated heterocycles. The Kier molecular flexibility index (Phi) is 8.44. The van der Waals surface area contributed by atoms with Gasteiger partial charge in [-0.1, -0.05) is 36.4 Å². The highest BCUT2D eigenvalue weighted by Crippen LogP contribution is 2.38. The van der Waals surface area contributed by atoms with Crippen LogP contribution in [-0.2, 0) is 20.9 Å². The molecule has 0 spiro atoms. The predicted octanol–water partition coefficient (Wildman–Crippen LogP) is 3.86. The van der Waals surface area contributed by atoms with Gasteiger partial charge >= 0.3 is 12.1 Å². The van der Waals surface area contributed by atoms with Crippen LogP contribution in [0.25, 0.3) is 11.1 Å². The van der Waals surface area contributed by atoms with Crippen LogP contribution in [0.4, 0.5) is 25.0 Å². The quantitative estimate of drug-likeness (QED) is 0.401. The smallest absolute Gasteiger partial charge is 0.414 e. The van der Waals surface area contributed by atoms with Crippen molar-refractivity contribution in [3.05, 3.63) is 83.4 Å². The summed E-state index contributed by atoms with van der Waals surface area (Å²) in [6, 6.07) is 16.1. The summed E-state index contributed by atoms with van der Waals surface area (Å²) in [5.41, 5.74) is 1.31. The number of benzene rings is 3. The van der Waals surface area contributed by atoms with Crippen molar-refractivity contribution in [2.24, 2.45) is 0 Å². The van der Waals surface area contributed by atoms with Gasteiger partial charge in [0.05, 0.1) is 30.0 Å². The molecule has 3 aromatic carbocycles. The number of amides is 2. The van der Waals surface area contributed by atoms with Gasteiger partial charge in [-0.2, -0.15) is 0 Å². The lowest BCUT2D eigenvalue weighted by Crippen LogP contribution is -2.44. The fraction of sp³-hybridized carbons (Fsp3) is 0.300. The first kappa shape index (κ1) is 28.0. The van der Waals surface area contributed by atoms with Crippen molar-refractivity contribution >= 4 is 29.3 Å². The monoisotopic (exact) mass is 564 g/mol. The van der Waals surface area contributed by atoms with Crippen molar-refractivity contribution in [1.29, 1.82) is 0 Å². The van der Waals surface area contributed by atoms with Crippen LogP contribution in [0, 0.1) is 11.6 Å². The number of nitrogens with one attached hydrogen (secondary N) is 2. The Hall–Kier alpha value is -4.51. The maximum absolute atomic E-state index is 16.1. The van der Waals surface area contributed by atoms with E-state index in [9.17, 15) is 14.4 Å². The van der Waals surface area contributed by atoms with E-state index in [1.165, 1.54) is 36.1 Å². The number of carbonyl (C=O) groups excluding carboxylic acids is 3. The molecule has 9 nitrogen and oxygen atoms in total. The number of nitrogens with zero attached hydrogens (tertiary/aromatic N) is 2. The topological polar surface area (TPSA) is 100 Å². The Balaban J connectivity index is 1.43. The second kappa shape index (κ2) is 12.3. The first-order valence-corrected chi connectivity index (χ1v) is 13.3. The summed E-state index contributed by atoms with van der Waals surface area (Å²) < 4.78 is 42.4. The molecule has 2 heterocycles. The fourth-order valence-electron chi connectivity index (χ4n) is 4.92. The number of carbonyl (C=O) groups is 3. The zero-order valence-electron chi connectivity index (χ0n) is 22.5. The van der Waals surface area contributed by atoms with Crippen LogP contribution in [0.2, 0.25) is 0 Å². The van der Waals surface area contributed by atoms with Crippen molar-refractivity contribution in [2.75, 3.05) is 49.1 Å². The minimum absolute atomic E-state index is 0.00940. The van der Waals surface area contributed by atoms with Gasteiger partial charge in [0.15, 0.2) is 5.82 Å². The molecular weight excluding hydrogens is 534 g/mol. The third kappa shape index (κ3) is 6.30. The van der Waals surface area contributed by atoms with E-state index < -0.39 is 29.8 Å². The molecule has 2 aliphatic rings. The number of esters is 1. The van der Waals surface area contributed by atoms with Crippen LogP contribution in [0.1, 0.15) is 22.8 Å². The summed E-state index contributed by atoms with van der Waals surface area (Å²) in [5.74, 6) is -2.52. The molecule has 0 bridgehead atoms. The number of halogens is 2. The molecule has 5 rings (SSSR count). The van der Waals surface area contributed by atoms with Crippen molar-refractivity contribution in [3.63, 3.8) is 0 Å². The largest absolute Gasteiger partial charge is 0.457 e. The lowest BCUT2D eigenvalue weighted by molar-refractivity contribution is -0.119. The predicted molar refractivity (Wildman–Crippen MR) is 149 cm³/mol. The molecule has 3 aromatic rings. The van der Waals surface area contributed by atoms with E-state index in [0.29, 0.717) is 26.2 Å². The van der Waals surface area contributed by atoms with E-state index in [1.807, 2.05) is 18.2 Å². The van der Waals surface area contributed by atoms with Crippen LogP contribution in [0.5, 0.6) is 0 Å². The molecule has 1 atom stereocenters. The Bertz CT molecular complexity index is 1450. The van der Waals surface area contributed by atoms with Crippen LogP contribution < -0.4 is 20.4 Å². The number of anilines is 2. The third-order valence-corrected chi connectivity index (χ3v) is 6.99. The zero-order chi connectivity index (χ0) is 28.9. The highest BCUT2D eigenvalue weighted by Gasteiger charge is 2.33. The lowest BCUT2D eigenvalue weighted by atomic mass is 9.98. The summed E-state index contributed by atoms with van der Waals surface area (Å²) >= 11 is 0. The van der Waals surface area contributed by atoms with E-state index in [4.69, 9.17) is 9.47 Å². The molecule has 2 fully saturated rings. The van der Waals surface area contributed by atoms with Gasteiger partial charge < -0.3 is 25.0 Å². The van der Waals surface area contributed by atoms with Crippen molar-refractivity contribution in [2.45, 2.75) is 19.6 Å².